The van der Waals surface area contributed by atoms with E-state index in [1.165, 1.54) is 0 Å². The van der Waals surface area contributed by atoms with Gasteiger partial charge in [-0.05, 0) is 42.8 Å². The normalized spacial score (nSPS) is 12.6. The van der Waals surface area contributed by atoms with E-state index in [1.807, 2.05) is 0 Å². The van der Waals surface area contributed by atoms with Crippen LogP contribution < -0.4 is 16.4 Å². The molecule has 4 amide bonds. The van der Waals surface area contributed by atoms with Gasteiger partial charge in [0.25, 0.3) is 17.7 Å². The lowest BCUT2D eigenvalue weighted by molar-refractivity contribution is -0.121. The molecule has 1 aliphatic heterocycles. The van der Waals surface area contributed by atoms with Gasteiger partial charge in [0.05, 0.1) is 11.1 Å². The van der Waals surface area contributed by atoms with Gasteiger partial charge in [0.1, 0.15) is 0 Å². The Morgan fingerprint density at radius 1 is 0.900 bits per heavy atom. The minimum Gasteiger partial charge on any atom is -0.352 e. The highest BCUT2D eigenvalue weighted by Crippen LogP contribution is 2.22. The SMILES string of the molecule is NCCCNC(=O)c1ccc(CNC(=O)CCN2C(=O)c3ccccc3C2=O)cc1. The average Bonchev–Trinajstić information content (AvgIpc) is 3.01. The van der Waals surface area contributed by atoms with Crippen LogP contribution in [0.2, 0.25) is 0 Å². The van der Waals surface area contributed by atoms with Crippen LogP contribution in [0.1, 0.15) is 49.5 Å². The molecule has 1 heterocycles. The molecule has 0 radical (unpaired) electrons. The van der Waals surface area contributed by atoms with E-state index >= 15 is 0 Å². The van der Waals surface area contributed by atoms with Crippen molar-refractivity contribution in [2.75, 3.05) is 19.6 Å². The van der Waals surface area contributed by atoms with E-state index < -0.39 is 0 Å². The second-order valence-electron chi connectivity index (χ2n) is 6.93. The van der Waals surface area contributed by atoms with Gasteiger partial charge in [-0.1, -0.05) is 24.3 Å². The van der Waals surface area contributed by atoms with Crippen molar-refractivity contribution in [1.82, 2.24) is 15.5 Å². The predicted molar refractivity (Wildman–Crippen MR) is 111 cm³/mol. The number of fused-ring (bicyclic) bond motifs is 1. The monoisotopic (exact) mass is 408 g/mol. The Hall–Kier alpha value is -3.52. The third-order valence-corrected chi connectivity index (χ3v) is 4.81. The van der Waals surface area contributed by atoms with Gasteiger partial charge < -0.3 is 16.4 Å². The van der Waals surface area contributed by atoms with Gasteiger partial charge in [-0.2, -0.15) is 0 Å². The lowest BCUT2D eigenvalue weighted by Crippen LogP contribution is -2.34. The average molecular weight is 408 g/mol. The Balaban J connectivity index is 1.45. The molecule has 156 valence electrons. The second-order valence-corrected chi connectivity index (χ2v) is 6.93. The summed E-state index contributed by atoms with van der Waals surface area (Å²) in [5.41, 5.74) is 7.51. The van der Waals surface area contributed by atoms with Gasteiger partial charge >= 0.3 is 0 Å². The largest absolute Gasteiger partial charge is 0.352 e. The van der Waals surface area contributed by atoms with Crippen LogP contribution >= 0.6 is 0 Å². The number of carbonyl (C=O) groups is 4. The first-order valence-corrected chi connectivity index (χ1v) is 9.80. The lowest BCUT2D eigenvalue weighted by Gasteiger charge is -2.13. The van der Waals surface area contributed by atoms with Crippen molar-refractivity contribution < 1.29 is 19.2 Å². The van der Waals surface area contributed by atoms with Crippen molar-refractivity contribution in [2.24, 2.45) is 5.73 Å². The van der Waals surface area contributed by atoms with E-state index in [-0.39, 0.29) is 43.1 Å². The summed E-state index contributed by atoms with van der Waals surface area (Å²) in [7, 11) is 0. The van der Waals surface area contributed by atoms with Gasteiger partial charge in [0.15, 0.2) is 0 Å². The number of hydrogen-bond donors (Lipinski definition) is 3. The summed E-state index contributed by atoms with van der Waals surface area (Å²) >= 11 is 0. The molecule has 30 heavy (non-hydrogen) atoms. The van der Waals surface area contributed by atoms with Gasteiger partial charge in [0.2, 0.25) is 5.91 Å². The van der Waals surface area contributed by atoms with Crippen LogP contribution in [0, 0.1) is 0 Å². The van der Waals surface area contributed by atoms with Crippen LogP contribution in [0.15, 0.2) is 48.5 Å². The molecule has 0 fully saturated rings. The molecule has 0 spiro atoms. The fraction of sp³-hybridized carbons (Fsp3) is 0.273. The van der Waals surface area contributed by atoms with E-state index in [2.05, 4.69) is 10.6 Å². The molecular formula is C22H24N4O4. The van der Waals surface area contributed by atoms with Crippen LogP contribution in [0.4, 0.5) is 0 Å². The number of benzene rings is 2. The van der Waals surface area contributed by atoms with E-state index in [0.29, 0.717) is 29.8 Å². The quantitative estimate of drug-likeness (QED) is 0.423. The molecule has 8 nitrogen and oxygen atoms in total. The lowest BCUT2D eigenvalue weighted by atomic mass is 10.1. The van der Waals surface area contributed by atoms with Crippen molar-refractivity contribution in [1.29, 1.82) is 0 Å². The molecule has 0 saturated carbocycles. The highest BCUT2D eigenvalue weighted by atomic mass is 16.2. The number of carbonyl (C=O) groups excluding carboxylic acids is 4. The van der Waals surface area contributed by atoms with Gasteiger partial charge in [0, 0.05) is 31.6 Å². The fourth-order valence-electron chi connectivity index (χ4n) is 3.12. The van der Waals surface area contributed by atoms with Crippen LogP contribution in [-0.2, 0) is 11.3 Å². The summed E-state index contributed by atoms with van der Waals surface area (Å²) in [6, 6.07) is 13.5. The Labute approximate surface area is 174 Å². The van der Waals surface area contributed by atoms with Gasteiger partial charge in [-0.15, -0.1) is 0 Å². The summed E-state index contributed by atoms with van der Waals surface area (Å²) < 4.78 is 0. The maximum Gasteiger partial charge on any atom is 0.261 e. The van der Waals surface area contributed by atoms with Crippen molar-refractivity contribution in [3.8, 4) is 0 Å². The molecule has 2 aromatic carbocycles. The highest BCUT2D eigenvalue weighted by Gasteiger charge is 2.34. The fourth-order valence-corrected chi connectivity index (χ4v) is 3.12. The highest BCUT2D eigenvalue weighted by molar-refractivity contribution is 6.21. The number of nitrogens with two attached hydrogens (primary N) is 1. The van der Waals surface area contributed by atoms with Crippen molar-refractivity contribution in [2.45, 2.75) is 19.4 Å². The molecule has 0 atom stereocenters. The molecule has 8 heteroatoms. The molecule has 2 aromatic rings. The Morgan fingerprint density at radius 2 is 1.53 bits per heavy atom. The van der Waals surface area contributed by atoms with Gasteiger partial charge in [-0.25, -0.2) is 0 Å². The van der Waals surface area contributed by atoms with Crippen LogP contribution in [-0.4, -0.2) is 48.2 Å². The maximum atomic E-state index is 12.3. The minimum atomic E-state index is -0.372. The Bertz CT molecular complexity index is 921. The Morgan fingerprint density at radius 3 is 2.13 bits per heavy atom. The first kappa shape index (κ1) is 21.2. The predicted octanol–water partition coefficient (Wildman–Crippen LogP) is 1.07. The molecule has 3 rings (SSSR count). The number of rotatable bonds is 9. The van der Waals surface area contributed by atoms with E-state index in [0.717, 1.165) is 16.9 Å². The summed E-state index contributed by atoms with van der Waals surface area (Å²) in [6.07, 6.45) is 0.740. The summed E-state index contributed by atoms with van der Waals surface area (Å²) in [4.78, 5) is 49.8. The summed E-state index contributed by atoms with van der Waals surface area (Å²) in [6.45, 7) is 1.36. The van der Waals surface area contributed by atoms with Crippen LogP contribution in [0.5, 0.6) is 0 Å². The molecule has 4 N–H and O–H groups in total. The first-order chi connectivity index (χ1) is 14.5. The van der Waals surface area contributed by atoms with Gasteiger partial charge in [-0.3, -0.25) is 24.1 Å². The third kappa shape index (κ3) is 4.90. The third-order valence-electron chi connectivity index (χ3n) is 4.81. The van der Waals surface area contributed by atoms with E-state index in [4.69, 9.17) is 5.73 Å². The number of amides is 4. The number of nitrogens with zero attached hydrogens (tertiary/aromatic N) is 1. The van der Waals surface area contributed by atoms with Crippen molar-refractivity contribution in [3.63, 3.8) is 0 Å². The van der Waals surface area contributed by atoms with Crippen LogP contribution in [0.25, 0.3) is 0 Å². The zero-order valence-corrected chi connectivity index (χ0v) is 16.5. The molecule has 0 bridgehead atoms. The second kappa shape index (κ2) is 9.80. The number of nitrogens with one attached hydrogen (secondary N) is 2. The van der Waals surface area contributed by atoms with Crippen LogP contribution in [0.3, 0.4) is 0 Å². The molecule has 1 aliphatic rings. The molecule has 0 aromatic heterocycles. The Kier molecular flexibility index (Phi) is 6.92. The summed E-state index contributed by atoms with van der Waals surface area (Å²) in [5.74, 6) is -1.18. The zero-order valence-electron chi connectivity index (χ0n) is 16.5. The molecule has 0 aliphatic carbocycles. The minimum absolute atomic E-state index is 0.0209. The smallest absolute Gasteiger partial charge is 0.261 e. The molecular weight excluding hydrogens is 384 g/mol. The zero-order chi connectivity index (χ0) is 21.5. The summed E-state index contributed by atoms with van der Waals surface area (Å²) in [5, 5.41) is 5.54. The van der Waals surface area contributed by atoms with E-state index in [1.54, 1.807) is 48.5 Å². The number of hydrogen-bond acceptors (Lipinski definition) is 5. The molecule has 0 saturated heterocycles. The maximum absolute atomic E-state index is 12.3. The van der Waals surface area contributed by atoms with E-state index in [9.17, 15) is 19.2 Å². The number of imide groups is 1. The molecule has 0 unspecified atom stereocenters. The van der Waals surface area contributed by atoms with Crippen molar-refractivity contribution >= 4 is 23.6 Å². The topological polar surface area (TPSA) is 122 Å². The first-order valence-electron chi connectivity index (χ1n) is 9.80. The van der Waals surface area contributed by atoms with Crippen molar-refractivity contribution in [3.05, 3.63) is 70.8 Å². The standard InChI is InChI=1S/C22H24N4O4/c23-11-3-12-24-20(28)16-8-6-15(7-9-16)14-25-19(27)10-13-26-21(29)17-4-1-2-5-18(17)22(26)30/h1-2,4-9H,3,10-14,23H2,(H,24,28)(H,25,27).